The van der Waals surface area contributed by atoms with Crippen LogP contribution in [0.4, 0.5) is 0 Å². The Morgan fingerprint density at radius 2 is 2.23 bits per heavy atom. The van der Waals surface area contributed by atoms with Gasteiger partial charge in [-0.15, -0.1) is 0 Å². The summed E-state index contributed by atoms with van der Waals surface area (Å²) in [5.74, 6) is 0.709. The number of phenolic OH excluding ortho intramolecular Hbond substituents is 1. The van der Waals surface area contributed by atoms with Gasteiger partial charge in [0.05, 0.1) is 13.2 Å². The normalized spacial score (nSPS) is 12.5. The lowest BCUT2D eigenvalue weighted by Crippen LogP contribution is -2.60. The zero-order valence-corrected chi connectivity index (χ0v) is 8.08. The van der Waals surface area contributed by atoms with Crippen molar-refractivity contribution in [3.63, 3.8) is 0 Å². The highest BCUT2D eigenvalue weighted by Gasteiger charge is 2.05. The molecule has 1 aromatic carbocycles. The Kier molecular flexibility index (Phi) is 3.14. The zero-order chi connectivity index (χ0) is 9.84. The van der Waals surface area contributed by atoms with Gasteiger partial charge in [0.15, 0.2) is 11.5 Å². The summed E-state index contributed by atoms with van der Waals surface area (Å²) in [6, 6.07) is 5.75. The molecule has 1 aromatic rings. The van der Waals surface area contributed by atoms with Crippen LogP contribution in [0.15, 0.2) is 18.2 Å². The zero-order valence-electron chi connectivity index (χ0n) is 8.08. The van der Waals surface area contributed by atoms with Crippen LogP contribution in [0.2, 0.25) is 0 Å². The Bertz CT molecular complexity index is 284. The van der Waals surface area contributed by atoms with Crippen LogP contribution in [0, 0.1) is 0 Å². The molecule has 3 heteroatoms. The Morgan fingerprint density at radius 3 is 2.77 bits per heavy atom. The monoisotopic (exact) mass is 182 g/mol. The van der Waals surface area contributed by atoms with Crippen molar-refractivity contribution < 1.29 is 15.6 Å². The molecule has 0 unspecified atom stereocenters. The Hall–Kier alpha value is -1.22. The third-order valence-corrected chi connectivity index (χ3v) is 1.83. The van der Waals surface area contributed by atoms with E-state index in [1.54, 1.807) is 13.2 Å². The van der Waals surface area contributed by atoms with Gasteiger partial charge in [-0.25, -0.2) is 0 Å². The van der Waals surface area contributed by atoms with Crippen molar-refractivity contribution in [2.75, 3.05) is 7.11 Å². The van der Waals surface area contributed by atoms with Crippen LogP contribution in [-0.2, 0) is 6.42 Å². The van der Waals surface area contributed by atoms with Crippen LogP contribution in [0.3, 0.4) is 0 Å². The molecule has 0 saturated heterocycles. The van der Waals surface area contributed by atoms with E-state index < -0.39 is 0 Å². The summed E-state index contributed by atoms with van der Waals surface area (Å²) in [5.41, 5.74) is 5.04. The number of methoxy groups -OCH3 is 1. The molecule has 0 aliphatic heterocycles. The van der Waals surface area contributed by atoms with Crippen LogP contribution in [-0.4, -0.2) is 18.3 Å². The van der Waals surface area contributed by atoms with E-state index in [1.165, 1.54) is 0 Å². The molecule has 0 aromatic heterocycles. The van der Waals surface area contributed by atoms with Crippen LogP contribution >= 0.6 is 0 Å². The summed E-state index contributed by atoms with van der Waals surface area (Å²) in [6.07, 6.45) is 0.899. The number of aromatic hydroxyl groups is 1. The fraction of sp³-hybridized carbons (Fsp3) is 0.400. The molecule has 0 fully saturated rings. The second-order valence-corrected chi connectivity index (χ2v) is 3.32. The molecule has 1 rings (SSSR count). The molecule has 0 bridgehead atoms. The Morgan fingerprint density at radius 1 is 1.54 bits per heavy atom. The molecule has 0 radical (unpaired) electrons. The predicted octanol–water partition coefficient (Wildman–Crippen LogP) is 0.574. The van der Waals surface area contributed by atoms with E-state index in [1.807, 2.05) is 12.1 Å². The number of hydrogen-bond donors (Lipinski definition) is 2. The molecular formula is C10H16NO2+. The highest BCUT2D eigenvalue weighted by Crippen LogP contribution is 2.26. The van der Waals surface area contributed by atoms with Gasteiger partial charge in [-0.2, -0.15) is 0 Å². The minimum absolute atomic E-state index is 0.183. The summed E-state index contributed by atoms with van der Waals surface area (Å²) < 4.78 is 5.00. The van der Waals surface area contributed by atoms with Gasteiger partial charge in [0.2, 0.25) is 0 Å². The molecule has 1 atom stereocenters. The second kappa shape index (κ2) is 4.14. The number of rotatable bonds is 3. The van der Waals surface area contributed by atoms with Gasteiger partial charge in [0, 0.05) is 6.42 Å². The maximum absolute atomic E-state index is 9.33. The van der Waals surface area contributed by atoms with Gasteiger partial charge in [0.1, 0.15) is 0 Å². The maximum Gasteiger partial charge on any atom is 0.160 e. The van der Waals surface area contributed by atoms with E-state index in [9.17, 15) is 5.11 Å². The topological polar surface area (TPSA) is 57.1 Å². The van der Waals surface area contributed by atoms with Gasteiger partial charge < -0.3 is 15.6 Å². The molecule has 0 spiro atoms. The lowest BCUT2D eigenvalue weighted by molar-refractivity contribution is -0.413. The number of quaternary nitrogens is 1. The molecule has 0 saturated carbocycles. The Balaban J connectivity index is 2.86. The van der Waals surface area contributed by atoms with Crippen molar-refractivity contribution in [2.24, 2.45) is 0 Å². The van der Waals surface area contributed by atoms with Crippen molar-refractivity contribution in [2.45, 2.75) is 19.4 Å². The fourth-order valence-corrected chi connectivity index (χ4v) is 1.25. The minimum Gasteiger partial charge on any atom is -0.504 e. The molecule has 72 valence electrons. The van der Waals surface area contributed by atoms with Gasteiger partial charge in [0.25, 0.3) is 0 Å². The maximum atomic E-state index is 9.33. The molecular weight excluding hydrogens is 166 g/mol. The standard InChI is InChI=1S/C10H15NO2/c1-7(11)5-8-3-4-9(12)10(6-8)13-2/h3-4,6-7,12H,5,11H2,1-2H3/p+1/t7-/m0/s1. The van der Waals surface area contributed by atoms with Crippen molar-refractivity contribution >= 4 is 0 Å². The largest absolute Gasteiger partial charge is 0.504 e. The minimum atomic E-state index is 0.183. The van der Waals surface area contributed by atoms with Crippen LogP contribution in [0.5, 0.6) is 11.5 Å². The van der Waals surface area contributed by atoms with E-state index in [2.05, 4.69) is 12.7 Å². The average Bonchev–Trinajstić information content (AvgIpc) is 2.07. The van der Waals surface area contributed by atoms with Gasteiger partial charge >= 0.3 is 0 Å². The molecule has 13 heavy (non-hydrogen) atoms. The number of benzene rings is 1. The van der Waals surface area contributed by atoms with E-state index in [0.29, 0.717) is 11.8 Å². The number of phenols is 1. The lowest BCUT2D eigenvalue weighted by Gasteiger charge is -2.06. The third-order valence-electron chi connectivity index (χ3n) is 1.83. The van der Waals surface area contributed by atoms with Crippen molar-refractivity contribution in [3.05, 3.63) is 23.8 Å². The first-order valence-corrected chi connectivity index (χ1v) is 4.32. The van der Waals surface area contributed by atoms with E-state index in [-0.39, 0.29) is 5.75 Å². The fourth-order valence-electron chi connectivity index (χ4n) is 1.25. The summed E-state index contributed by atoms with van der Waals surface area (Å²) >= 11 is 0. The van der Waals surface area contributed by atoms with Crippen molar-refractivity contribution in [1.29, 1.82) is 0 Å². The first-order chi connectivity index (χ1) is 6.13. The first kappa shape index (κ1) is 9.86. The van der Waals surface area contributed by atoms with Crippen LogP contribution < -0.4 is 10.5 Å². The highest BCUT2D eigenvalue weighted by atomic mass is 16.5. The summed E-state index contributed by atoms with van der Waals surface area (Å²) in [6.45, 7) is 2.05. The molecule has 0 aliphatic carbocycles. The van der Waals surface area contributed by atoms with Gasteiger partial charge in [-0.3, -0.25) is 0 Å². The molecule has 0 aliphatic rings. The van der Waals surface area contributed by atoms with Crippen molar-refractivity contribution in [3.8, 4) is 11.5 Å². The van der Waals surface area contributed by atoms with Crippen LogP contribution in [0.25, 0.3) is 0 Å². The quantitative estimate of drug-likeness (QED) is 0.718. The van der Waals surface area contributed by atoms with E-state index in [0.717, 1.165) is 12.0 Å². The smallest absolute Gasteiger partial charge is 0.160 e. The lowest BCUT2D eigenvalue weighted by atomic mass is 10.1. The van der Waals surface area contributed by atoms with Gasteiger partial charge in [-0.05, 0) is 24.6 Å². The van der Waals surface area contributed by atoms with Gasteiger partial charge in [-0.1, -0.05) is 6.07 Å². The van der Waals surface area contributed by atoms with Crippen molar-refractivity contribution in [1.82, 2.24) is 0 Å². The van der Waals surface area contributed by atoms with E-state index in [4.69, 9.17) is 4.74 Å². The van der Waals surface area contributed by atoms with Crippen LogP contribution in [0.1, 0.15) is 12.5 Å². The first-order valence-electron chi connectivity index (χ1n) is 4.32. The molecule has 4 N–H and O–H groups in total. The summed E-state index contributed by atoms with van der Waals surface area (Å²) in [4.78, 5) is 0. The average molecular weight is 182 g/mol. The number of hydrogen-bond acceptors (Lipinski definition) is 2. The summed E-state index contributed by atoms with van der Waals surface area (Å²) in [7, 11) is 1.55. The Labute approximate surface area is 78.1 Å². The van der Waals surface area contributed by atoms with E-state index >= 15 is 0 Å². The SMILES string of the molecule is COc1cc(C[C@H](C)[NH3+])ccc1O. The highest BCUT2D eigenvalue weighted by molar-refractivity contribution is 5.41. The predicted molar refractivity (Wildman–Crippen MR) is 50.7 cm³/mol. The molecule has 0 heterocycles. The molecule has 3 nitrogen and oxygen atoms in total. The summed E-state index contributed by atoms with van der Waals surface area (Å²) in [5, 5.41) is 9.33. The number of ether oxygens (including phenoxy) is 1. The second-order valence-electron chi connectivity index (χ2n) is 3.32. The molecule has 0 amide bonds. The third kappa shape index (κ3) is 2.63.